The first-order valence-corrected chi connectivity index (χ1v) is 7.04. The number of anilines is 2. The third kappa shape index (κ3) is 4.22. The Kier molecular flexibility index (Phi) is 4.78. The monoisotopic (exact) mass is 302 g/mol. The van der Waals surface area contributed by atoms with Crippen LogP contribution in [0.15, 0.2) is 42.1 Å². The lowest BCUT2D eigenvalue weighted by atomic mass is 10.2. The van der Waals surface area contributed by atoms with E-state index in [1.165, 1.54) is 17.5 Å². The smallest absolute Gasteiger partial charge is 0.278 e. The molecule has 6 nitrogen and oxygen atoms in total. The maximum atomic E-state index is 12.2. The molecule has 21 heavy (non-hydrogen) atoms. The van der Waals surface area contributed by atoms with E-state index in [4.69, 9.17) is 0 Å². The Labute approximate surface area is 125 Å². The summed E-state index contributed by atoms with van der Waals surface area (Å²) in [5.74, 6) is -0.657. The predicted octanol–water partition coefficient (Wildman–Crippen LogP) is 2.70. The molecule has 2 aromatic heterocycles. The van der Waals surface area contributed by atoms with Crippen LogP contribution in [-0.2, 0) is 4.79 Å². The van der Waals surface area contributed by atoms with E-state index in [9.17, 15) is 9.59 Å². The van der Waals surface area contributed by atoms with Crippen molar-refractivity contribution in [1.29, 1.82) is 0 Å². The van der Waals surface area contributed by atoms with Gasteiger partial charge in [-0.15, -0.1) is 11.3 Å². The molecule has 0 bridgehead atoms. The van der Waals surface area contributed by atoms with Crippen LogP contribution in [-0.4, -0.2) is 21.8 Å². The highest BCUT2D eigenvalue weighted by Crippen LogP contribution is 2.17. The molecule has 0 unspecified atom stereocenters. The molecule has 2 heterocycles. The van der Waals surface area contributed by atoms with Gasteiger partial charge in [0.15, 0.2) is 10.8 Å². The van der Waals surface area contributed by atoms with Crippen LogP contribution >= 0.6 is 11.3 Å². The van der Waals surface area contributed by atoms with Crippen LogP contribution < -0.4 is 10.6 Å². The highest BCUT2D eigenvalue weighted by atomic mass is 32.1. The first-order chi connectivity index (χ1) is 10.1. The summed E-state index contributed by atoms with van der Waals surface area (Å²) in [6, 6.07) is 3.27. The van der Waals surface area contributed by atoms with Crippen molar-refractivity contribution < 1.29 is 9.59 Å². The Morgan fingerprint density at radius 2 is 2.10 bits per heavy atom. The predicted molar refractivity (Wildman–Crippen MR) is 82.4 cm³/mol. The Balaban J connectivity index is 2.14. The molecule has 0 saturated heterocycles. The van der Waals surface area contributed by atoms with Gasteiger partial charge in [0, 0.05) is 24.2 Å². The van der Waals surface area contributed by atoms with Crippen LogP contribution in [0, 0.1) is 0 Å². The van der Waals surface area contributed by atoms with Gasteiger partial charge in [-0.05, 0) is 19.1 Å². The Morgan fingerprint density at radius 1 is 1.29 bits per heavy atom. The van der Waals surface area contributed by atoms with Crippen molar-refractivity contribution in [3.8, 4) is 0 Å². The van der Waals surface area contributed by atoms with Crippen molar-refractivity contribution in [3.05, 3.63) is 47.8 Å². The minimum absolute atomic E-state index is 0.141. The molecule has 2 amide bonds. The van der Waals surface area contributed by atoms with Gasteiger partial charge in [-0.25, -0.2) is 9.97 Å². The molecule has 2 N–H and O–H groups in total. The van der Waals surface area contributed by atoms with Crippen LogP contribution in [0.4, 0.5) is 10.8 Å². The quantitative estimate of drug-likeness (QED) is 0.832. The number of nitrogens with zero attached hydrogens (tertiary/aromatic N) is 2. The summed E-state index contributed by atoms with van der Waals surface area (Å²) in [5, 5.41) is 7.52. The average molecular weight is 302 g/mol. The van der Waals surface area contributed by atoms with Gasteiger partial charge in [0.1, 0.15) is 0 Å². The molecule has 0 radical (unpaired) electrons. The summed E-state index contributed by atoms with van der Waals surface area (Å²) in [6.45, 7) is 5.44. The normalized spacial score (nSPS) is 9.95. The second-order valence-corrected chi connectivity index (χ2v) is 5.27. The minimum atomic E-state index is -0.420. The van der Waals surface area contributed by atoms with Crippen LogP contribution in [0.25, 0.3) is 0 Å². The van der Waals surface area contributed by atoms with E-state index >= 15 is 0 Å². The van der Waals surface area contributed by atoms with Gasteiger partial charge in [0.2, 0.25) is 5.91 Å². The molecule has 0 saturated carbocycles. The van der Waals surface area contributed by atoms with Gasteiger partial charge in [-0.1, -0.05) is 12.2 Å². The highest BCUT2D eigenvalue weighted by molar-refractivity contribution is 7.13. The van der Waals surface area contributed by atoms with E-state index in [2.05, 4.69) is 27.2 Å². The summed E-state index contributed by atoms with van der Waals surface area (Å²) >= 11 is 1.30. The molecule has 0 aliphatic carbocycles. The topological polar surface area (TPSA) is 84.0 Å². The number of amides is 2. The average Bonchev–Trinajstić information content (AvgIpc) is 2.91. The fourth-order valence-corrected chi connectivity index (χ4v) is 2.12. The van der Waals surface area contributed by atoms with Crippen molar-refractivity contribution >= 4 is 34.0 Å². The van der Waals surface area contributed by atoms with Gasteiger partial charge in [-0.3, -0.25) is 14.9 Å². The van der Waals surface area contributed by atoms with Gasteiger partial charge >= 0.3 is 0 Å². The lowest BCUT2D eigenvalue weighted by molar-refractivity contribution is -0.115. The highest BCUT2D eigenvalue weighted by Gasteiger charge is 2.15. The molecular weight excluding hydrogens is 288 g/mol. The number of carbonyl (C=O) groups is 2. The minimum Gasteiger partial charge on any atom is -0.324 e. The van der Waals surface area contributed by atoms with Crippen molar-refractivity contribution in [2.75, 3.05) is 10.6 Å². The van der Waals surface area contributed by atoms with Gasteiger partial charge in [0.05, 0.1) is 5.69 Å². The summed E-state index contributed by atoms with van der Waals surface area (Å²) in [7, 11) is 0. The second kappa shape index (κ2) is 6.76. The third-order valence-electron chi connectivity index (χ3n) is 2.41. The van der Waals surface area contributed by atoms with Crippen LogP contribution in [0.3, 0.4) is 0 Å². The molecule has 7 heteroatoms. The molecule has 2 rings (SSSR count). The molecule has 0 spiro atoms. The molecule has 0 fully saturated rings. The molecule has 0 atom stereocenters. The van der Waals surface area contributed by atoms with Crippen LogP contribution in [0.5, 0.6) is 0 Å². The number of aromatic nitrogens is 2. The standard InChI is InChI=1S/C14H14N4O2S/c1-9(2)8-11(19)17-10-4-3-5-15-12(10)13(20)18-14-16-6-7-21-14/h3-7H,1,8H2,2H3,(H,17,19)(H,16,18,20). The first kappa shape index (κ1) is 14.9. The Bertz CT molecular complexity index is 667. The zero-order valence-electron chi connectivity index (χ0n) is 11.4. The summed E-state index contributed by atoms with van der Waals surface area (Å²) < 4.78 is 0. The maximum absolute atomic E-state index is 12.2. The zero-order valence-corrected chi connectivity index (χ0v) is 12.2. The van der Waals surface area contributed by atoms with Crippen molar-refractivity contribution in [3.63, 3.8) is 0 Å². The van der Waals surface area contributed by atoms with E-state index in [1.54, 1.807) is 30.6 Å². The van der Waals surface area contributed by atoms with Crippen molar-refractivity contribution in [2.45, 2.75) is 13.3 Å². The largest absolute Gasteiger partial charge is 0.324 e. The lowest BCUT2D eigenvalue weighted by Crippen LogP contribution is -2.19. The number of hydrogen-bond donors (Lipinski definition) is 2. The third-order valence-corrected chi connectivity index (χ3v) is 3.10. The summed E-state index contributed by atoms with van der Waals surface area (Å²) in [4.78, 5) is 31.9. The molecular formula is C14H14N4O2S. The first-order valence-electron chi connectivity index (χ1n) is 6.16. The number of rotatable bonds is 5. The van der Waals surface area contributed by atoms with E-state index in [-0.39, 0.29) is 18.0 Å². The Hall–Kier alpha value is -2.54. The van der Waals surface area contributed by atoms with Gasteiger partial charge in [-0.2, -0.15) is 0 Å². The number of nitrogens with one attached hydrogen (secondary N) is 2. The molecule has 0 aliphatic rings. The van der Waals surface area contributed by atoms with Crippen molar-refractivity contribution in [1.82, 2.24) is 9.97 Å². The molecule has 2 aromatic rings. The van der Waals surface area contributed by atoms with E-state index in [0.29, 0.717) is 10.8 Å². The van der Waals surface area contributed by atoms with Gasteiger partial charge in [0.25, 0.3) is 5.91 Å². The number of pyridine rings is 1. The van der Waals surface area contributed by atoms with E-state index in [0.717, 1.165) is 5.57 Å². The fraction of sp³-hybridized carbons (Fsp3) is 0.143. The van der Waals surface area contributed by atoms with E-state index in [1.807, 2.05) is 0 Å². The summed E-state index contributed by atoms with van der Waals surface area (Å²) in [5.41, 5.74) is 1.24. The second-order valence-electron chi connectivity index (χ2n) is 4.37. The van der Waals surface area contributed by atoms with Crippen molar-refractivity contribution in [2.24, 2.45) is 0 Å². The summed E-state index contributed by atoms with van der Waals surface area (Å²) in [6.07, 6.45) is 3.28. The van der Waals surface area contributed by atoms with E-state index < -0.39 is 5.91 Å². The zero-order chi connectivity index (χ0) is 15.2. The number of carbonyl (C=O) groups excluding carboxylic acids is 2. The Morgan fingerprint density at radius 3 is 2.76 bits per heavy atom. The van der Waals surface area contributed by atoms with Gasteiger partial charge < -0.3 is 5.32 Å². The molecule has 108 valence electrons. The SMILES string of the molecule is C=C(C)CC(=O)Nc1cccnc1C(=O)Nc1nccs1. The fourth-order valence-electron chi connectivity index (χ4n) is 1.60. The van der Waals surface area contributed by atoms with Crippen LogP contribution in [0.1, 0.15) is 23.8 Å². The molecule has 0 aliphatic heterocycles. The lowest BCUT2D eigenvalue weighted by Gasteiger charge is -2.09. The number of hydrogen-bond acceptors (Lipinski definition) is 5. The van der Waals surface area contributed by atoms with Crippen LogP contribution in [0.2, 0.25) is 0 Å². The maximum Gasteiger partial charge on any atom is 0.278 e. The number of thiazole rings is 1. The molecule has 0 aromatic carbocycles.